The number of anilines is 1. The first kappa shape index (κ1) is 9.96. The molecule has 2 aromatic rings. The fraction of sp³-hybridized carbons (Fsp3) is 0.154. The van der Waals surface area contributed by atoms with Crippen molar-refractivity contribution in [3.05, 3.63) is 36.5 Å². The predicted octanol–water partition coefficient (Wildman–Crippen LogP) is 1.54. The van der Waals surface area contributed by atoms with Crippen molar-refractivity contribution in [2.24, 2.45) is 0 Å². The molecule has 1 aromatic heterocycles. The van der Waals surface area contributed by atoms with Crippen LogP contribution < -0.4 is 4.90 Å². The molecule has 0 aliphatic carbocycles. The van der Waals surface area contributed by atoms with Crippen molar-refractivity contribution < 1.29 is 9.59 Å². The van der Waals surface area contributed by atoms with Crippen molar-refractivity contribution in [2.75, 3.05) is 11.4 Å². The zero-order chi connectivity index (χ0) is 11.8. The van der Waals surface area contributed by atoms with Crippen LogP contribution in [0.25, 0.3) is 10.9 Å². The summed E-state index contributed by atoms with van der Waals surface area (Å²) in [5.74, 6) is -0.750. The lowest BCUT2D eigenvalue weighted by atomic mass is 10.2. The van der Waals surface area contributed by atoms with E-state index >= 15 is 0 Å². The molecule has 84 valence electrons. The Kier molecular flexibility index (Phi) is 2.14. The van der Waals surface area contributed by atoms with Crippen molar-refractivity contribution in [3.8, 4) is 0 Å². The van der Waals surface area contributed by atoms with Gasteiger partial charge >= 0.3 is 0 Å². The summed E-state index contributed by atoms with van der Waals surface area (Å²) in [5, 5.41) is 0.970. The van der Waals surface area contributed by atoms with Gasteiger partial charge in [0, 0.05) is 18.4 Å². The van der Waals surface area contributed by atoms with E-state index in [0.29, 0.717) is 18.7 Å². The SMILES string of the molecule is O=C1CCN(c2cnc3ccccc3c2)C1=O. The molecule has 0 saturated carbocycles. The van der Waals surface area contributed by atoms with Crippen LogP contribution in [0.15, 0.2) is 36.5 Å². The first-order valence-corrected chi connectivity index (χ1v) is 5.45. The molecule has 1 aromatic carbocycles. The summed E-state index contributed by atoms with van der Waals surface area (Å²) in [4.78, 5) is 28.6. The van der Waals surface area contributed by atoms with E-state index in [1.807, 2.05) is 30.3 Å². The van der Waals surface area contributed by atoms with Crippen LogP contribution in [0.5, 0.6) is 0 Å². The zero-order valence-electron chi connectivity index (χ0n) is 9.09. The molecule has 4 nitrogen and oxygen atoms in total. The second kappa shape index (κ2) is 3.66. The van der Waals surface area contributed by atoms with Gasteiger partial charge in [-0.2, -0.15) is 0 Å². The molecule has 0 unspecified atom stereocenters. The monoisotopic (exact) mass is 226 g/mol. The standard InChI is InChI=1S/C13H10N2O2/c16-12-5-6-15(13(12)17)10-7-9-3-1-2-4-11(9)14-8-10/h1-4,7-8H,5-6H2. The van der Waals surface area contributed by atoms with E-state index in [-0.39, 0.29) is 5.78 Å². The number of benzene rings is 1. The number of fused-ring (bicyclic) bond motifs is 1. The molecule has 3 rings (SSSR count). The fourth-order valence-corrected chi connectivity index (χ4v) is 2.03. The highest BCUT2D eigenvalue weighted by molar-refractivity contribution is 6.43. The van der Waals surface area contributed by atoms with E-state index in [1.54, 1.807) is 6.20 Å². The number of aromatic nitrogens is 1. The minimum atomic E-state index is -0.429. The molecule has 1 saturated heterocycles. The molecule has 0 radical (unpaired) electrons. The number of ketones is 1. The van der Waals surface area contributed by atoms with Gasteiger partial charge in [-0.05, 0) is 12.1 Å². The highest BCUT2D eigenvalue weighted by Crippen LogP contribution is 2.22. The van der Waals surface area contributed by atoms with Crippen molar-refractivity contribution in [1.82, 2.24) is 4.98 Å². The van der Waals surface area contributed by atoms with Crippen LogP contribution in [0.3, 0.4) is 0 Å². The number of para-hydroxylation sites is 1. The van der Waals surface area contributed by atoms with Crippen molar-refractivity contribution in [2.45, 2.75) is 6.42 Å². The molecular weight excluding hydrogens is 216 g/mol. The molecule has 0 spiro atoms. The Bertz CT molecular complexity index is 622. The maximum atomic E-state index is 11.6. The highest BCUT2D eigenvalue weighted by atomic mass is 16.2. The smallest absolute Gasteiger partial charge is 0.294 e. The number of pyridine rings is 1. The van der Waals surface area contributed by atoms with Crippen LogP contribution in [0.4, 0.5) is 5.69 Å². The quantitative estimate of drug-likeness (QED) is 0.693. The minimum Gasteiger partial charge on any atom is -0.304 e. The first-order chi connectivity index (χ1) is 8.25. The average Bonchev–Trinajstić information content (AvgIpc) is 2.70. The molecule has 1 aliphatic heterocycles. The molecule has 0 bridgehead atoms. The summed E-state index contributed by atoms with van der Waals surface area (Å²) in [6.07, 6.45) is 1.94. The Balaban J connectivity index is 2.07. The maximum Gasteiger partial charge on any atom is 0.294 e. The summed E-state index contributed by atoms with van der Waals surface area (Å²) >= 11 is 0. The number of carbonyl (C=O) groups excluding carboxylic acids is 2. The number of carbonyl (C=O) groups is 2. The van der Waals surface area contributed by atoms with Crippen LogP contribution in [0.2, 0.25) is 0 Å². The number of amides is 1. The van der Waals surface area contributed by atoms with Gasteiger partial charge in [0.2, 0.25) is 5.78 Å². The molecule has 17 heavy (non-hydrogen) atoms. The first-order valence-electron chi connectivity index (χ1n) is 5.45. The zero-order valence-corrected chi connectivity index (χ0v) is 9.09. The topological polar surface area (TPSA) is 50.3 Å². The number of Topliss-reactive ketones (excluding diaryl/α,β-unsaturated/α-hetero) is 1. The second-order valence-electron chi connectivity index (χ2n) is 4.02. The Labute approximate surface area is 97.9 Å². The summed E-state index contributed by atoms with van der Waals surface area (Å²) in [5.41, 5.74) is 1.58. The van der Waals surface area contributed by atoms with Crippen LogP contribution >= 0.6 is 0 Å². The van der Waals surface area contributed by atoms with E-state index in [1.165, 1.54) is 4.90 Å². The van der Waals surface area contributed by atoms with Crippen LogP contribution in [-0.4, -0.2) is 23.2 Å². The number of nitrogens with zero attached hydrogens (tertiary/aromatic N) is 2. The van der Waals surface area contributed by atoms with Crippen LogP contribution in [0.1, 0.15) is 6.42 Å². The van der Waals surface area contributed by atoms with Crippen molar-refractivity contribution in [1.29, 1.82) is 0 Å². The van der Waals surface area contributed by atoms with E-state index < -0.39 is 5.91 Å². The summed E-state index contributed by atoms with van der Waals surface area (Å²) in [7, 11) is 0. The van der Waals surface area contributed by atoms with Crippen LogP contribution in [-0.2, 0) is 9.59 Å². The van der Waals surface area contributed by atoms with E-state index in [2.05, 4.69) is 4.98 Å². The largest absolute Gasteiger partial charge is 0.304 e. The molecule has 0 atom stereocenters. The summed E-state index contributed by atoms with van der Waals surface area (Å²) in [6, 6.07) is 9.58. The third-order valence-corrected chi connectivity index (χ3v) is 2.93. The van der Waals surface area contributed by atoms with E-state index in [4.69, 9.17) is 0 Å². The molecule has 2 heterocycles. The van der Waals surface area contributed by atoms with Gasteiger partial charge in [0.25, 0.3) is 5.91 Å². The predicted molar refractivity (Wildman–Crippen MR) is 63.7 cm³/mol. The number of rotatable bonds is 1. The Morgan fingerprint density at radius 3 is 2.76 bits per heavy atom. The Morgan fingerprint density at radius 2 is 2.00 bits per heavy atom. The van der Waals surface area contributed by atoms with Gasteiger partial charge in [0.1, 0.15) is 0 Å². The molecule has 1 fully saturated rings. The van der Waals surface area contributed by atoms with Gasteiger partial charge in [-0.15, -0.1) is 0 Å². The summed E-state index contributed by atoms with van der Waals surface area (Å²) in [6.45, 7) is 0.456. The fourth-order valence-electron chi connectivity index (χ4n) is 2.03. The van der Waals surface area contributed by atoms with Crippen molar-refractivity contribution in [3.63, 3.8) is 0 Å². The van der Waals surface area contributed by atoms with Gasteiger partial charge in [-0.25, -0.2) is 0 Å². The number of hydrogen-bond acceptors (Lipinski definition) is 3. The highest BCUT2D eigenvalue weighted by Gasteiger charge is 2.30. The average molecular weight is 226 g/mol. The lowest BCUT2D eigenvalue weighted by molar-refractivity contribution is -0.133. The minimum absolute atomic E-state index is 0.297. The van der Waals surface area contributed by atoms with Gasteiger partial charge in [0.15, 0.2) is 0 Å². The molecule has 0 N–H and O–H groups in total. The van der Waals surface area contributed by atoms with Gasteiger partial charge in [-0.3, -0.25) is 14.6 Å². The summed E-state index contributed by atoms with van der Waals surface area (Å²) < 4.78 is 0. The lowest BCUT2D eigenvalue weighted by Gasteiger charge is -2.14. The molecular formula is C13H10N2O2. The van der Waals surface area contributed by atoms with Gasteiger partial charge < -0.3 is 4.90 Å². The number of hydrogen-bond donors (Lipinski definition) is 0. The second-order valence-corrected chi connectivity index (χ2v) is 4.02. The molecule has 4 heteroatoms. The maximum absolute atomic E-state index is 11.6. The van der Waals surface area contributed by atoms with E-state index in [0.717, 1.165) is 10.9 Å². The molecule has 1 aliphatic rings. The normalized spacial score (nSPS) is 15.9. The Morgan fingerprint density at radius 1 is 1.18 bits per heavy atom. The molecule has 1 amide bonds. The van der Waals surface area contributed by atoms with Crippen LogP contribution in [0, 0.1) is 0 Å². The van der Waals surface area contributed by atoms with E-state index in [9.17, 15) is 9.59 Å². The Hall–Kier alpha value is -2.23. The lowest BCUT2D eigenvalue weighted by Crippen LogP contribution is -2.26. The van der Waals surface area contributed by atoms with Crippen molar-refractivity contribution >= 4 is 28.3 Å². The van der Waals surface area contributed by atoms with Gasteiger partial charge in [0.05, 0.1) is 17.4 Å². The van der Waals surface area contributed by atoms with Gasteiger partial charge in [-0.1, -0.05) is 18.2 Å². The third-order valence-electron chi connectivity index (χ3n) is 2.93. The third kappa shape index (κ3) is 1.58.